The monoisotopic (exact) mass is 315 g/mol. The van der Waals surface area contributed by atoms with Gasteiger partial charge in [-0.15, -0.1) is 16.7 Å². The van der Waals surface area contributed by atoms with Gasteiger partial charge >= 0.3 is 0 Å². The molecule has 1 amide bonds. The molecule has 20 heavy (non-hydrogen) atoms. The van der Waals surface area contributed by atoms with E-state index in [2.05, 4.69) is 30.4 Å². The Balaban J connectivity index is 2.13. The van der Waals surface area contributed by atoms with Crippen LogP contribution in [0.1, 0.15) is 55.4 Å². The van der Waals surface area contributed by atoms with Gasteiger partial charge in [0, 0.05) is 24.4 Å². The summed E-state index contributed by atoms with van der Waals surface area (Å²) >= 11 is 7.04. The van der Waals surface area contributed by atoms with Gasteiger partial charge in [0.05, 0.1) is 5.69 Å². The average molecular weight is 316 g/mol. The van der Waals surface area contributed by atoms with Gasteiger partial charge in [-0.25, -0.2) is 0 Å². The normalized spacial score (nSPS) is 20.2. The van der Waals surface area contributed by atoms with Crippen molar-refractivity contribution in [3.8, 4) is 0 Å². The number of rotatable bonds is 3. The average Bonchev–Trinajstić information content (AvgIpc) is 2.87. The Morgan fingerprint density at radius 3 is 2.90 bits per heavy atom. The van der Waals surface area contributed by atoms with Gasteiger partial charge in [0.15, 0.2) is 0 Å². The van der Waals surface area contributed by atoms with Crippen molar-refractivity contribution in [3.05, 3.63) is 10.6 Å². The van der Waals surface area contributed by atoms with Crippen LogP contribution in [0.25, 0.3) is 0 Å². The molecule has 112 valence electrons. The van der Waals surface area contributed by atoms with E-state index in [-0.39, 0.29) is 11.3 Å². The van der Waals surface area contributed by atoms with E-state index < -0.39 is 0 Å². The third kappa shape index (κ3) is 3.50. The number of hydrogen-bond acceptors (Lipinski definition) is 4. The Labute approximate surface area is 129 Å². The highest BCUT2D eigenvalue weighted by atomic mass is 35.5. The van der Waals surface area contributed by atoms with Gasteiger partial charge in [-0.1, -0.05) is 25.3 Å². The number of likely N-dealkylation sites (tertiary alicyclic amines) is 1. The second-order valence-corrected chi connectivity index (χ2v) is 7.57. The topological polar surface area (TPSA) is 46.1 Å². The molecule has 0 spiro atoms. The quantitative estimate of drug-likeness (QED) is 0.804. The smallest absolute Gasteiger partial charge is 0.267 e. The fourth-order valence-corrected chi connectivity index (χ4v) is 3.76. The van der Waals surface area contributed by atoms with E-state index in [1.807, 2.05) is 4.90 Å². The molecule has 1 aromatic rings. The first-order valence-corrected chi connectivity index (χ1v) is 8.42. The fourth-order valence-electron chi connectivity index (χ4n) is 2.60. The maximum absolute atomic E-state index is 12.7. The lowest BCUT2D eigenvalue weighted by atomic mass is 9.90. The molecule has 0 saturated carbocycles. The molecule has 0 radical (unpaired) electrons. The number of nitrogens with zero attached hydrogens (tertiary/aromatic N) is 3. The second-order valence-electron chi connectivity index (χ2n) is 6.44. The lowest BCUT2D eigenvalue weighted by Gasteiger charge is -2.32. The van der Waals surface area contributed by atoms with E-state index in [0.717, 1.165) is 31.6 Å². The maximum Gasteiger partial charge on any atom is 0.267 e. The molecule has 0 bridgehead atoms. The van der Waals surface area contributed by atoms with Gasteiger partial charge in [-0.05, 0) is 36.7 Å². The highest BCUT2D eigenvalue weighted by molar-refractivity contribution is 7.08. The minimum Gasteiger partial charge on any atom is -0.338 e. The standard InChI is InChI=1S/C14H22ClN3OS/c1-14(2,3)12-11(20-17-16-12)13(19)18-8-4-5-10(9-18)6-7-15/h10H,4-9H2,1-3H3. The van der Waals surface area contributed by atoms with Gasteiger partial charge in [0.1, 0.15) is 4.88 Å². The van der Waals surface area contributed by atoms with Crippen molar-refractivity contribution in [2.45, 2.75) is 45.4 Å². The maximum atomic E-state index is 12.7. The number of aromatic nitrogens is 2. The summed E-state index contributed by atoms with van der Waals surface area (Å²) < 4.78 is 3.98. The van der Waals surface area contributed by atoms with Crippen molar-refractivity contribution in [1.29, 1.82) is 0 Å². The second kappa shape index (κ2) is 6.39. The summed E-state index contributed by atoms with van der Waals surface area (Å²) in [5, 5.41) is 4.16. The summed E-state index contributed by atoms with van der Waals surface area (Å²) in [7, 11) is 0. The Kier molecular flexibility index (Phi) is 5.02. The fraction of sp³-hybridized carbons (Fsp3) is 0.786. The molecule has 2 heterocycles. The summed E-state index contributed by atoms with van der Waals surface area (Å²) in [6.07, 6.45) is 3.21. The minimum absolute atomic E-state index is 0.0872. The Morgan fingerprint density at radius 1 is 1.50 bits per heavy atom. The SMILES string of the molecule is CC(C)(C)c1nnsc1C(=O)N1CCCC(CCCl)C1. The summed E-state index contributed by atoms with van der Waals surface area (Å²) in [5.41, 5.74) is 0.663. The Hall–Kier alpha value is -0.680. The molecule has 0 N–H and O–H groups in total. The van der Waals surface area contributed by atoms with Crippen molar-refractivity contribution in [2.24, 2.45) is 5.92 Å². The predicted octanol–water partition coefficient (Wildman–Crippen LogP) is 3.32. The van der Waals surface area contributed by atoms with Gasteiger partial charge < -0.3 is 4.90 Å². The van der Waals surface area contributed by atoms with Crippen LogP contribution in [0.4, 0.5) is 0 Å². The molecule has 1 aliphatic rings. The first kappa shape index (κ1) is 15.7. The molecule has 0 aliphatic carbocycles. The molecule has 0 aromatic carbocycles. The lowest BCUT2D eigenvalue weighted by Crippen LogP contribution is -2.40. The number of alkyl halides is 1. The molecule has 2 rings (SSSR count). The van der Waals surface area contributed by atoms with Gasteiger partial charge in [-0.2, -0.15) is 0 Å². The zero-order valence-electron chi connectivity index (χ0n) is 12.4. The van der Waals surface area contributed by atoms with E-state index in [0.29, 0.717) is 16.7 Å². The summed E-state index contributed by atoms with van der Waals surface area (Å²) in [4.78, 5) is 15.3. The highest BCUT2D eigenvalue weighted by Gasteiger charge is 2.31. The van der Waals surface area contributed by atoms with E-state index in [9.17, 15) is 4.79 Å². The molecular weight excluding hydrogens is 294 g/mol. The lowest BCUT2D eigenvalue weighted by molar-refractivity contribution is 0.0674. The first-order chi connectivity index (χ1) is 9.43. The molecule has 1 fully saturated rings. The van der Waals surface area contributed by atoms with Gasteiger partial charge in [-0.3, -0.25) is 4.79 Å². The van der Waals surface area contributed by atoms with Crippen LogP contribution >= 0.6 is 23.1 Å². The number of hydrogen-bond donors (Lipinski definition) is 0. The van der Waals surface area contributed by atoms with Crippen LogP contribution in [0, 0.1) is 5.92 Å². The van der Waals surface area contributed by atoms with Crippen molar-refractivity contribution in [2.75, 3.05) is 19.0 Å². The highest BCUT2D eigenvalue weighted by Crippen LogP contribution is 2.28. The van der Waals surface area contributed by atoms with Crippen molar-refractivity contribution >= 4 is 29.0 Å². The van der Waals surface area contributed by atoms with Crippen LogP contribution in [0.15, 0.2) is 0 Å². The van der Waals surface area contributed by atoms with Crippen molar-refractivity contribution < 1.29 is 4.79 Å². The van der Waals surface area contributed by atoms with E-state index >= 15 is 0 Å². The zero-order chi connectivity index (χ0) is 14.8. The summed E-state index contributed by atoms with van der Waals surface area (Å²) in [5.74, 6) is 1.29. The van der Waals surface area contributed by atoms with Crippen LogP contribution in [-0.4, -0.2) is 39.4 Å². The third-order valence-electron chi connectivity index (χ3n) is 3.72. The number of piperidine rings is 1. The van der Waals surface area contributed by atoms with Crippen molar-refractivity contribution in [3.63, 3.8) is 0 Å². The minimum atomic E-state index is -0.149. The van der Waals surface area contributed by atoms with Crippen LogP contribution in [0.5, 0.6) is 0 Å². The molecule has 1 aromatic heterocycles. The number of halogens is 1. The van der Waals surface area contributed by atoms with Gasteiger partial charge in [0.2, 0.25) is 0 Å². The number of amides is 1. The van der Waals surface area contributed by atoms with E-state index in [4.69, 9.17) is 11.6 Å². The van der Waals surface area contributed by atoms with Gasteiger partial charge in [0.25, 0.3) is 5.91 Å². The summed E-state index contributed by atoms with van der Waals surface area (Å²) in [6.45, 7) is 7.83. The summed E-state index contributed by atoms with van der Waals surface area (Å²) in [6, 6.07) is 0. The largest absolute Gasteiger partial charge is 0.338 e. The van der Waals surface area contributed by atoms with Crippen LogP contribution in [-0.2, 0) is 5.41 Å². The van der Waals surface area contributed by atoms with Crippen LogP contribution < -0.4 is 0 Å². The molecule has 1 atom stereocenters. The molecule has 6 heteroatoms. The molecule has 4 nitrogen and oxygen atoms in total. The third-order valence-corrected chi connectivity index (χ3v) is 4.65. The molecule has 1 aliphatic heterocycles. The number of carbonyl (C=O) groups is 1. The molecule has 1 unspecified atom stereocenters. The molecule has 1 saturated heterocycles. The number of carbonyl (C=O) groups excluding carboxylic acids is 1. The predicted molar refractivity (Wildman–Crippen MR) is 82.6 cm³/mol. The zero-order valence-corrected chi connectivity index (χ0v) is 13.9. The van der Waals surface area contributed by atoms with Crippen LogP contribution in [0.2, 0.25) is 0 Å². The van der Waals surface area contributed by atoms with Crippen LogP contribution in [0.3, 0.4) is 0 Å². The van der Waals surface area contributed by atoms with E-state index in [1.165, 1.54) is 18.0 Å². The Bertz CT molecular complexity index is 467. The van der Waals surface area contributed by atoms with E-state index in [1.54, 1.807) is 0 Å². The first-order valence-electron chi connectivity index (χ1n) is 7.11. The Morgan fingerprint density at radius 2 is 2.25 bits per heavy atom. The molecular formula is C14H22ClN3OS. The van der Waals surface area contributed by atoms with Crippen molar-refractivity contribution in [1.82, 2.24) is 14.5 Å².